The zero-order chi connectivity index (χ0) is 19.4. The molecular weight excluding hydrogens is 393 g/mol. The van der Waals surface area contributed by atoms with Crippen LogP contribution in [-0.4, -0.2) is 21.6 Å². The summed E-state index contributed by atoms with van der Waals surface area (Å²) < 4.78 is 32.7. The van der Waals surface area contributed by atoms with Gasteiger partial charge < -0.3 is 4.74 Å². The van der Waals surface area contributed by atoms with Crippen molar-refractivity contribution >= 4 is 33.2 Å². The second-order valence-corrected chi connectivity index (χ2v) is 9.63. The highest BCUT2D eigenvalue weighted by molar-refractivity contribution is 7.88. The summed E-state index contributed by atoms with van der Waals surface area (Å²) in [7, 11) is -3.52. The Morgan fingerprint density at radius 1 is 1.08 bits per heavy atom. The fraction of sp³-hybridized carbons (Fsp3) is 0.368. The normalized spacial score (nSPS) is 12.2. The van der Waals surface area contributed by atoms with E-state index in [2.05, 4.69) is 25.5 Å². The van der Waals surface area contributed by atoms with Crippen LogP contribution in [0, 0.1) is 0 Å². The van der Waals surface area contributed by atoms with Crippen molar-refractivity contribution in [3.8, 4) is 5.75 Å². The summed E-state index contributed by atoms with van der Waals surface area (Å²) in [4.78, 5) is 0. The maximum atomic E-state index is 12.2. The summed E-state index contributed by atoms with van der Waals surface area (Å²) >= 11 is 11.9. The number of halogens is 2. The first-order valence-electron chi connectivity index (χ1n) is 8.22. The molecule has 0 aromatic heterocycles. The highest BCUT2D eigenvalue weighted by Gasteiger charge is 2.18. The number of hydrogen-bond donors (Lipinski definition) is 1. The third kappa shape index (κ3) is 6.16. The van der Waals surface area contributed by atoms with E-state index in [0.29, 0.717) is 15.6 Å². The van der Waals surface area contributed by atoms with Crippen LogP contribution in [0.1, 0.15) is 31.9 Å². The maximum Gasteiger partial charge on any atom is 0.215 e. The number of hydrogen-bond acceptors (Lipinski definition) is 3. The van der Waals surface area contributed by atoms with E-state index in [9.17, 15) is 8.42 Å². The first-order chi connectivity index (χ1) is 12.1. The number of benzene rings is 2. The monoisotopic (exact) mass is 415 g/mol. The molecule has 2 aromatic carbocycles. The number of nitrogens with one attached hydrogen (secondary N) is 1. The average Bonchev–Trinajstić information content (AvgIpc) is 2.54. The molecule has 2 rings (SSSR count). The molecule has 0 fully saturated rings. The predicted molar refractivity (Wildman–Crippen MR) is 108 cm³/mol. The lowest BCUT2D eigenvalue weighted by Crippen LogP contribution is -2.29. The van der Waals surface area contributed by atoms with Gasteiger partial charge in [-0.3, -0.25) is 0 Å². The third-order valence-corrected chi connectivity index (χ3v) is 5.66. The summed E-state index contributed by atoms with van der Waals surface area (Å²) in [6.07, 6.45) is 0. The van der Waals surface area contributed by atoms with Crippen molar-refractivity contribution in [2.45, 2.75) is 31.9 Å². The van der Waals surface area contributed by atoms with Gasteiger partial charge in [0.15, 0.2) is 0 Å². The van der Waals surface area contributed by atoms with Crippen molar-refractivity contribution in [1.82, 2.24) is 4.72 Å². The predicted octanol–water partition coefficient (Wildman–Crippen LogP) is 4.79. The topological polar surface area (TPSA) is 55.4 Å². The van der Waals surface area contributed by atoms with Crippen molar-refractivity contribution in [3.05, 3.63) is 63.6 Å². The molecule has 0 spiro atoms. The smallest absolute Gasteiger partial charge is 0.215 e. The molecule has 0 bridgehead atoms. The Hall–Kier alpha value is -1.27. The van der Waals surface area contributed by atoms with Gasteiger partial charge in [-0.25, -0.2) is 13.1 Å². The maximum absolute atomic E-state index is 12.2. The SMILES string of the molecule is CC(C)(C)c1ccccc1OCCNS(=O)(=O)Cc1ccc(Cl)cc1Cl. The Kier molecular flexibility index (Phi) is 6.97. The summed E-state index contributed by atoms with van der Waals surface area (Å²) in [5, 5.41) is 0.799. The number of rotatable bonds is 7. The summed E-state index contributed by atoms with van der Waals surface area (Å²) in [5.74, 6) is 0.557. The van der Waals surface area contributed by atoms with Gasteiger partial charge in [0, 0.05) is 16.6 Å². The van der Waals surface area contributed by atoms with Gasteiger partial charge in [-0.2, -0.15) is 0 Å². The van der Waals surface area contributed by atoms with Crippen LogP contribution in [-0.2, 0) is 21.2 Å². The van der Waals surface area contributed by atoms with Crippen molar-refractivity contribution < 1.29 is 13.2 Å². The molecule has 0 atom stereocenters. The van der Waals surface area contributed by atoms with Gasteiger partial charge in [-0.1, -0.05) is 68.2 Å². The van der Waals surface area contributed by atoms with Crippen LogP contribution < -0.4 is 9.46 Å². The van der Waals surface area contributed by atoms with E-state index in [1.807, 2.05) is 24.3 Å². The molecule has 1 N–H and O–H groups in total. The highest BCUT2D eigenvalue weighted by Crippen LogP contribution is 2.30. The van der Waals surface area contributed by atoms with Crippen LogP contribution in [0.3, 0.4) is 0 Å². The van der Waals surface area contributed by atoms with Gasteiger partial charge in [0.2, 0.25) is 10.0 Å². The molecule has 0 aliphatic rings. The standard InChI is InChI=1S/C19H23Cl2NO3S/c1-19(2,3)16-6-4-5-7-18(16)25-11-10-22-26(23,24)13-14-8-9-15(20)12-17(14)21/h4-9,12,22H,10-11,13H2,1-3H3. The molecule has 0 heterocycles. The lowest BCUT2D eigenvalue weighted by atomic mass is 9.86. The Morgan fingerprint density at radius 2 is 1.77 bits per heavy atom. The van der Waals surface area contributed by atoms with E-state index >= 15 is 0 Å². The average molecular weight is 416 g/mol. The van der Waals surface area contributed by atoms with E-state index < -0.39 is 10.0 Å². The van der Waals surface area contributed by atoms with Crippen LogP contribution in [0.15, 0.2) is 42.5 Å². The van der Waals surface area contributed by atoms with E-state index in [4.69, 9.17) is 27.9 Å². The van der Waals surface area contributed by atoms with E-state index in [-0.39, 0.29) is 24.3 Å². The summed E-state index contributed by atoms with van der Waals surface area (Å²) in [6.45, 7) is 6.72. The zero-order valence-electron chi connectivity index (χ0n) is 15.1. The minimum absolute atomic E-state index is 0.0541. The molecule has 0 aliphatic carbocycles. The molecule has 2 aromatic rings. The molecule has 0 saturated carbocycles. The molecular formula is C19H23Cl2NO3S. The first kappa shape index (κ1) is 21.0. The molecule has 0 unspecified atom stereocenters. The molecule has 0 radical (unpaired) electrons. The molecule has 7 heteroatoms. The molecule has 0 aliphatic heterocycles. The summed E-state index contributed by atoms with van der Waals surface area (Å²) in [5.41, 5.74) is 1.53. The molecule has 142 valence electrons. The Bertz CT molecular complexity index is 861. The fourth-order valence-electron chi connectivity index (χ4n) is 2.46. The Labute approximate surface area is 165 Å². The van der Waals surface area contributed by atoms with Crippen LogP contribution >= 0.6 is 23.2 Å². The van der Waals surface area contributed by atoms with Crippen LogP contribution in [0.5, 0.6) is 5.75 Å². The minimum Gasteiger partial charge on any atom is -0.492 e. The number of para-hydroxylation sites is 1. The quantitative estimate of drug-likeness (QED) is 0.661. The highest BCUT2D eigenvalue weighted by atomic mass is 35.5. The second kappa shape index (κ2) is 8.61. The molecule has 0 saturated heterocycles. The Morgan fingerprint density at radius 3 is 2.42 bits per heavy atom. The van der Waals surface area contributed by atoms with Crippen molar-refractivity contribution in [2.24, 2.45) is 0 Å². The minimum atomic E-state index is -3.52. The third-order valence-electron chi connectivity index (χ3n) is 3.74. The lowest BCUT2D eigenvalue weighted by Gasteiger charge is -2.22. The van der Waals surface area contributed by atoms with Crippen LogP contribution in [0.4, 0.5) is 0 Å². The van der Waals surface area contributed by atoms with E-state index in [0.717, 1.165) is 11.3 Å². The van der Waals surface area contributed by atoms with Crippen LogP contribution in [0.2, 0.25) is 10.0 Å². The van der Waals surface area contributed by atoms with Gasteiger partial charge in [0.25, 0.3) is 0 Å². The second-order valence-electron chi connectivity index (χ2n) is 6.98. The van der Waals surface area contributed by atoms with Crippen molar-refractivity contribution in [1.29, 1.82) is 0 Å². The molecule has 4 nitrogen and oxygen atoms in total. The molecule has 0 amide bonds. The largest absolute Gasteiger partial charge is 0.492 e. The number of ether oxygens (including phenoxy) is 1. The summed E-state index contributed by atoms with van der Waals surface area (Å²) in [6, 6.07) is 12.5. The van der Waals surface area contributed by atoms with Crippen molar-refractivity contribution in [2.75, 3.05) is 13.2 Å². The van der Waals surface area contributed by atoms with Gasteiger partial charge in [0.1, 0.15) is 12.4 Å². The van der Waals surface area contributed by atoms with Gasteiger partial charge in [-0.15, -0.1) is 0 Å². The van der Waals surface area contributed by atoms with Gasteiger partial charge >= 0.3 is 0 Å². The van der Waals surface area contributed by atoms with E-state index in [1.54, 1.807) is 12.1 Å². The Balaban J connectivity index is 1.91. The van der Waals surface area contributed by atoms with Crippen LogP contribution in [0.25, 0.3) is 0 Å². The lowest BCUT2D eigenvalue weighted by molar-refractivity contribution is 0.314. The van der Waals surface area contributed by atoms with Crippen molar-refractivity contribution in [3.63, 3.8) is 0 Å². The molecule has 26 heavy (non-hydrogen) atoms. The van der Waals surface area contributed by atoms with Gasteiger partial charge in [-0.05, 0) is 34.7 Å². The van der Waals surface area contributed by atoms with Gasteiger partial charge in [0.05, 0.1) is 5.75 Å². The first-order valence-corrected chi connectivity index (χ1v) is 10.6. The zero-order valence-corrected chi connectivity index (χ0v) is 17.4. The number of sulfonamides is 1. The van der Waals surface area contributed by atoms with E-state index in [1.165, 1.54) is 6.07 Å². The fourth-order valence-corrected chi connectivity index (χ4v) is 4.18.